The van der Waals surface area contributed by atoms with E-state index in [2.05, 4.69) is 13.5 Å². The molecule has 0 radical (unpaired) electrons. The number of rotatable bonds is 4. The quantitative estimate of drug-likeness (QED) is 0.575. The summed E-state index contributed by atoms with van der Waals surface area (Å²) < 4.78 is 0. The van der Waals surface area contributed by atoms with Crippen LogP contribution in [-0.4, -0.2) is 6.04 Å². The molecule has 0 aliphatic carbocycles. The van der Waals surface area contributed by atoms with E-state index in [-0.39, 0.29) is 6.04 Å². The zero-order valence-corrected chi connectivity index (χ0v) is 6.48. The summed E-state index contributed by atoms with van der Waals surface area (Å²) >= 11 is 0. The molecular weight excluding hydrogens is 110 g/mol. The molecule has 0 fully saturated rings. The predicted molar refractivity (Wildman–Crippen MR) is 42.3 cm³/mol. The number of hydrogen-bond donors (Lipinski definition) is 1. The van der Waals surface area contributed by atoms with E-state index in [4.69, 9.17) is 5.73 Å². The van der Waals surface area contributed by atoms with Crippen molar-refractivity contribution >= 4 is 0 Å². The molecule has 1 heteroatoms. The highest BCUT2D eigenvalue weighted by Gasteiger charge is 1.96. The van der Waals surface area contributed by atoms with Gasteiger partial charge in [0, 0.05) is 6.04 Å². The molecule has 0 amide bonds. The predicted octanol–water partition coefficient (Wildman–Crippen LogP) is 2.08. The van der Waals surface area contributed by atoms with Gasteiger partial charge in [-0.3, -0.25) is 0 Å². The highest BCUT2D eigenvalue weighted by atomic mass is 14.6. The van der Waals surface area contributed by atoms with E-state index in [9.17, 15) is 0 Å². The van der Waals surface area contributed by atoms with Gasteiger partial charge in [0.05, 0.1) is 0 Å². The van der Waals surface area contributed by atoms with Crippen LogP contribution in [-0.2, 0) is 0 Å². The van der Waals surface area contributed by atoms with Crippen LogP contribution in [0.3, 0.4) is 0 Å². The molecule has 0 bridgehead atoms. The van der Waals surface area contributed by atoms with Crippen molar-refractivity contribution in [1.82, 2.24) is 0 Å². The molecule has 0 aromatic rings. The number of hydrogen-bond acceptors (Lipinski definition) is 1. The van der Waals surface area contributed by atoms with Crippen molar-refractivity contribution in [3.05, 3.63) is 12.2 Å². The second-order valence-corrected chi connectivity index (χ2v) is 2.68. The summed E-state index contributed by atoms with van der Waals surface area (Å²) in [5.41, 5.74) is 6.85. The normalized spacial score (nSPS) is 13.2. The first-order valence-corrected chi connectivity index (χ1v) is 3.59. The van der Waals surface area contributed by atoms with Crippen LogP contribution in [0.5, 0.6) is 0 Å². The maximum Gasteiger partial charge on any atom is 0.00475 e. The first-order chi connectivity index (χ1) is 4.16. The Balaban J connectivity index is 3.27. The fourth-order valence-electron chi connectivity index (χ4n) is 0.911. The molecular formula is C8H17N. The smallest absolute Gasteiger partial charge is 0.00475 e. The van der Waals surface area contributed by atoms with Crippen molar-refractivity contribution in [2.45, 2.75) is 39.2 Å². The van der Waals surface area contributed by atoms with Crippen molar-refractivity contribution in [2.75, 3.05) is 0 Å². The fourth-order valence-corrected chi connectivity index (χ4v) is 0.911. The van der Waals surface area contributed by atoms with Gasteiger partial charge in [0.1, 0.15) is 0 Å². The number of nitrogens with two attached hydrogens (primary N) is 1. The molecule has 0 rings (SSSR count). The minimum Gasteiger partial charge on any atom is -0.328 e. The van der Waals surface area contributed by atoms with Crippen molar-refractivity contribution in [1.29, 1.82) is 0 Å². The van der Waals surface area contributed by atoms with Gasteiger partial charge in [-0.2, -0.15) is 0 Å². The fraction of sp³-hybridized carbons (Fsp3) is 0.750. The first kappa shape index (κ1) is 8.70. The second-order valence-electron chi connectivity index (χ2n) is 2.68. The van der Waals surface area contributed by atoms with E-state index < -0.39 is 0 Å². The van der Waals surface area contributed by atoms with Crippen LogP contribution in [0.25, 0.3) is 0 Å². The minimum absolute atomic E-state index is 0.282. The third-order valence-corrected chi connectivity index (χ3v) is 1.21. The monoisotopic (exact) mass is 127 g/mol. The van der Waals surface area contributed by atoms with E-state index in [1.807, 2.05) is 6.92 Å². The molecule has 1 atom stereocenters. The molecule has 0 spiro atoms. The molecule has 0 heterocycles. The SMILES string of the molecule is C=C(CCC)CC(C)N. The van der Waals surface area contributed by atoms with Crippen molar-refractivity contribution < 1.29 is 0 Å². The molecule has 0 aliphatic heterocycles. The zero-order valence-electron chi connectivity index (χ0n) is 6.48. The lowest BCUT2D eigenvalue weighted by Crippen LogP contribution is -2.14. The molecule has 0 saturated carbocycles. The third-order valence-electron chi connectivity index (χ3n) is 1.21. The van der Waals surface area contributed by atoms with Crippen molar-refractivity contribution in [3.8, 4) is 0 Å². The average Bonchev–Trinajstić information content (AvgIpc) is 1.63. The van der Waals surface area contributed by atoms with Crippen LogP contribution in [0.4, 0.5) is 0 Å². The van der Waals surface area contributed by atoms with Gasteiger partial charge in [0.2, 0.25) is 0 Å². The molecule has 0 aliphatic rings. The zero-order chi connectivity index (χ0) is 7.28. The molecule has 0 saturated heterocycles. The Morgan fingerprint density at radius 1 is 1.67 bits per heavy atom. The standard InChI is InChI=1S/C8H17N/c1-4-5-7(2)6-8(3)9/h8H,2,4-6,9H2,1,3H3. The summed E-state index contributed by atoms with van der Waals surface area (Å²) in [5.74, 6) is 0. The van der Waals surface area contributed by atoms with E-state index in [0.29, 0.717) is 0 Å². The van der Waals surface area contributed by atoms with Gasteiger partial charge in [0.25, 0.3) is 0 Å². The largest absolute Gasteiger partial charge is 0.328 e. The lowest BCUT2D eigenvalue weighted by atomic mass is 10.1. The van der Waals surface area contributed by atoms with Crippen LogP contribution in [0.15, 0.2) is 12.2 Å². The molecule has 2 N–H and O–H groups in total. The Morgan fingerprint density at radius 3 is 2.56 bits per heavy atom. The summed E-state index contributed by atoms with van der Waals surface area (Å²) in [6, 6.07) is 0.282. The van der Waals surface area contributed by atoms with E-state index in [1.54, 1.807) is 0 Å². The highest BCUT2D eigenvalue weighted by Crippen LogP contribution is 2.07. The molecule has 1 unspecified atom stereocenters. The van der Waals surface area contributed by atoms with E-state index in [0.717, 1.165) is 12.8 Å². The summed E-state index contributed by atoms with van der Waals surface area (Å²) in [4.78, 5) is 0. The highest BCUT2D eigenvalue weighted by molar-refractivity contribution is 4.95. The molecule has 54 valence electrons. The molecule has 0 aromatic heterocycles. The Labute approximate surface area is 57.9 Å². The van der Waals surface area contributed by atoms with Crippen LogP contribution in [0, 0.1) is 0 Å². The van der Waals surface area contributed by atoms with Gasteiger partial charge in [-0.1, -0.05) is 25.5 Å². The molecule has 0 aromatic carbocycles. The Kier molecular flexibility index (Phi) is 4.41. The van der Waals surface area contributed by atoms with Gasteiger partial charge in [-0.15, -0.1) is 0 Å². The van der Waals surface area contributed by atoms with E-state index in [1.165, 1.54) is 12.0 Å². The van der Waals surface area contributed by atoms with Crippen LogP contribution < -0.4 is 5.73 Å². The summed E-state index contributed by atoms with van der Waals surface area (Å²) in [6.07, 6.45) is 3.29. The van der Waals surface area contributed by atoms with Gasteiger partial charge < -0.3 is 5.73 Å². The third kappa shape index (κ3) is 5.57. The van der Waals surface area contributed by atoms with E-state index >= 15 is 0 Å². The lowest BCUT2D eigenvalue weighted by Gasteiger charge is -2.05. The Morgan fingerprint density at radius 2 is 2.22 bits per heavy atom. The Bertz CT molecular complexity index is 84.6. The van der Waals surface area contributed by atoms with Crippen molar-refractivity contribution in [2.24, 2.45) is 5.73 Å². The van der Waals surface area contributed by atoms with Gasteiger partial charge in [-0.05, 0) is 19.8 Å². The van der Waals surface area contributed by atoms with Crippen LogP contribution in [0.2, 0.25) is 0 Å². The summed E-state index contributed by atoms with van der Waals surface area (Å²) in [7, 11) is 0. The van der Waals surface area contributed by atoms with Crippen LogP contribution in [0.1, 0.15) is 33.1 Å². The topological polar surface area (TPSA) is 26.0 Å². The lowest BCUT2D eigenvalue weighted by molar-refractivity contribution is 0.700. The maximum atomic E-state index is 5.56. The van der Waals surface area contributed by atoms with Gasteiger partial charge in [-0.25, -0.2) is 0 Å². The molecule has 9 heavy (non-hydrogen) atoms. The molecule has 1 nitrogen and oxygen atoms in total. The van der Waals surface area contributed by atoms with Gasteiger partial charge >= 0.3 is 0 Å². The Hall–Kier alpha value is -0.300. The first-order valence-electron chi connectivity index (χ1n) is 3.59. The minimum atomic E-state index is 0.282. The van der Waals surface area contributed by atoms with Crippen molar-refractivity contribution in [3.63, 3.8) is 0 Å². The van der Waals surface area contributed by atoms with Crippen LogP contribution >= 0.6 is 0 Å². The summed E-state index contributed by atoms with van der Waals surface area (Å²) in [5, 5.41) is 0. The van der Waals surface area contributed by atoms with Gasteiger partial charge in [0.15, 0.2) is 0 Å². The summed E-state index contributed by atoms with van der Waals surface area (Å²) in [6.45, 7) is 8.08. The second kappa shape index (κ2) is 4.57. The maximum absolute atomic E-state index is 5.56. The average molecular weight is 127 g/mol.